The Bertz CT molecular complexity index is 876. The maximum Gasteiger partial charge on any atom is 0.302 e. The molecule has 5 fully saturated rings. The van der Waals surface area contributed by atoms with Crippen molar-refractivity contribution in [3.63, 3.8) is 0 Å². The summed E-state index contributed by atoms with van der Waals surface area (Å²) >= 11 is 0. The maximum atomic E-state index is 12.8. The standard InChI is InChI=1S/C31H50O3/c1-19(32)21-11-14-28(5)17-18-30(7)22(26(21)28)9-10-24-29(6)15-13-25(34-20(2)33)27(3,4)23(29)12-16-31(24,30)8/h21-26H,9-18H2,1-8H3/t21-,22?,23?,24+,25-,26+,28+,29-,30+,31+/m0/s1. The first-order chi connectivity index (χ1) is 15.7. The number of hydrogen-bond donors (Lipinski definition) is 0. The molecule has 0 aromatic carbocycles. The summed E-state index contributed by atoms with van der Waals surface area (Å²) in [6.07, 6.45) is 12.4. The quantitative estimate of drug-likeness (QED) is 0.390. The van der Waals surface area contributed by atoms with E-state index in [0.29, 0.717) is 51.1 Å². The van der Waals surface area contributed by atoms with Gasteiger partial charge in [-0.1, -0.05) is 41.5 Å². The molecule has 0 bridgehead atoms. The van der Waals surface area contributed by atoms with E-state index in [2.05, 4.69) is 41.5 Å². The SMILES string of the molecule is CC(=O)O[C@H]1CC[C@@]2(C)C(CC[C@]3(C)[C@@H]2CCC2[C@H]4[C@H](C(C)=O)CC[C@]4(C)CC[C@]23C)C1(C)C. The van der Waals surface area contributed by atoms with Crippen LogP contribution in [0.15, 0.2) is 0 Å². The molecule has 2 unspecified atom stereocenters. The number of ether oxygens (including phenoxy) is 1. The Hall–Kier alpha value is -0.860. The topological polar surface area (TPSA) is 43.4 Å². The van der Waals surface area contributed by atoms with E-state index >= 15 is 0 Å². The Morgan fingerprint density at radius 2 is 1.41 bits per heavy atom. The van der Waals surface area contributed by atoms with E-state index in [0.717, 1.165) is 18.8 Å². The summed E-state index contributed by atoms with van der Waals surface area (Å²) in [7, 11) is 0. The molecule has 5 saturated carbocycles. The average molecular weight is 471 g/mol. The lowest BCUT2D eigenvalue weighted by Gasteiger charge is -2.72. The van der Waals surface area contributed by atoms with Crippen LogP contribution in [0.4, 0.5) is 0 Å². The highest BCUT2D eigenvalue weighted by molar-refractivity contribution is 5.79. The Balaban J connectivity index is 1.50. The monoisotopic (exact) mass is 470 g/mol. The maximum absolute atomic E-state index is 12.8. The molecular weight excluding hydrogens is 420 g/mol. The molecular formula is C31H50O3. The third-order valence-corrected chi connectivity index (χ3v) is 13.6. The zero-order valence-corrected chi connectivity index (χ0v) is 23.3. The minimum Gasteiger partial charge on any atom is -0.462 e. The molecule has 5 rings (SSSR count). The molecule has 0 aromatic rings. The zero-order valence-electron chi connectivity index (χ0n) is 23.3. The predicted molar refractivity (Wildman–Crippen MR) is 136 cm³/mol. The molecule has 34 heavy (non-hydrogen) atoms. The van der Waals surface area contributed by atoms with Gasteiger partial charge < -0.3 is 4.74 Å². The summed E-state index contributed by atoms with van der Waals surface area (Å²) in [6, 6.07) is 0. The molecule has 0 amide bonds. The molecule has 3 heteroatoms. The van der Waals surface area contributed by atoms with Gasteiger partial charge in [-0.15, -0.1) is 0 Å². The van der Waals surface area contributed by atoms with Gasteiger partial charge in [-0.25, -0.2) is 0 Å². The fourth-order valence-corrected chi connectivity index (χ4v) is 11.8. The minimum atomic E-state index is -0.128. The van der Waals surface area contributed by atoms with Gasteiger partial charge in [-0.3, -0.25) is 9.59 Å². The zero-order chi connectivity index (χ0) is 24.9. The second-order valence-corrected chi connectivity index (χ2v) is 15.1. The molecule has 0 aliphatic heterocycles. The van der Waals surface area contributed by atoms with Crippen molar-refractivity contribution >= 4 is 11.8 Å². The van der Waals surface area contributed by atoms with Crippen LogP contribution in [0.2, 0.25) is 0 Å². The first-order valence-corrected chi connectivity index (χ1v) is 14.4. The number of esters is 1. The molecule has 0 N–H and O–H groups in total. The van der Waals surface area contributed by atoms with E-state index in [4.69, 9.17) is 4.74 Å². The van der Waals surface area contributed by atoms with Crippen LogP contribution in [0.3, 0.4) is 0 Å². The Morgan fingerprint density at radius 3 is 2.06 bits per heavy atom. The molecule has 5 aliphatic carbocycles. The van der Waals surface area contributed by atoms with Crippen molar-refractivity contribution < 1.29 is 14.3 Å². The number of ketones is 1. The largest absolute Gasteiger partial charge is 0.462 e. The van der Waals surface area contributed by atoms with Gasteiger partial charge in [0.2, 0.25) is 0 Å². The van der Waals surface area contributed by atoms with Crippen LogP contribution in [-0.4, -0.2) is 17.9 Å². The van der Waals surface area contributed by atoms with Crippen molar-refractivity contribution in [2.45, 2.75) is 126 Å². The number of rotatable bonds is 2. The van der Waals surface area contributed by atoms with Gasteiger partial charge in [-0.2, -0.15) is 0 Å². The van der Waals surface area contributed by atoms with E-state index in [9.17, 15) is 9.59 Å². The predicted octanol–water partition coefficient (Wildman–Crippen LogP) is 7.61. The third-order valence-electron chi connectivity index (χ3n) is 13.6. The lowest BCUT2D eigenvalue weighted by molar-refractivity contribution is -0.249. The molecule has 0 aromatic heterocycles. The van der Waals surface area contributed by atoms with Crippen LogP contribution in [0.5, 0.6) is 0 Å². The molecule has 10 atom stereocenters. The van der Waals surface area contributed by atoms with Crippen molar-refractivity contribution in [1.29, 1.82) is 0 Å². The highest BCUT2D eigenvalue weighted by Crippen LogP contribution is 2.77. The third kappa shape index (κ3) is 3.06. The number of Topliss-reactive ketones (excluding diaryl/α,β-unsaturated/α-hetero) is 1. The molecule has 0 spiro atoms. The normalized spacial score (nSPS) is 53.6. The number of carbonyl (C=O) groups is 2. The van der Waals surface area contributed by atoms with Crippen LogP contribution in [0.1, 0.15) is 120 Å². The summed E-state index contributed by atoms with van der Waals surface area (Å²) < 4.78 is 5.89. The van der Waals surface area contributed by atoms with Crippen molar-refractivity contribution in [2.75, 3.05) is 0 Å². The van der Waals surface area contributed by atoms with E-state index in [-0.39, 0.29) is 17.5 Å². The van der Waals surface area contributed by atoms with Gasteiger partial charge in [0, 0.05) is 18.3 Å². The number of hydrogen-bond acceptors (Lipinski definition) is 3. The van der Waals surface area contributed by atoms with Crippen LogP contribution >= 0.6 is 0 Å². The molecule has 0 saturated heterocycles. The summed E-state index contributed by atoms with van der Waals surface area (Å²) in [5, 5.41) is 0. The van der Waals surface area contributed by atoms with E-state index in [1.54, 1.807) is 6.92 Å². The highest BCUT2D eigenvalue weighted by Gasteiger charge is 2.70. The lowest BCUT2D eigenvalue weighted by atomic mass is 9.32. The molecule has 0 radical (unpaired) electrons. The summed E-state index contributed by atoms with van der Waals surface area (Å²) in [5.74, 6) is 3.21. The number of carbonyl (C=O) groups excluding carboxylic acids is 2. The fraction of sp³-hybridized carbons (Fsp3) is 0.935. The van der Waals surface area contributed by atoms with Gasteiger partial charge >= 0.3 is 5.97 Å². The number of fused-ring (bicyclic) bond motifs is 7. The molecule has 0 heterocycles. The first kappa shape index (κ1) is 24.8. The van der Waals surface area contributed by atoms with Crippen molar-refractivity contribution in [3.8, 4) is 0 Å². The van der Waals surface area contributed by atoms with Crippen molar-refractivity contribution in [3.05, 3.63) is 0 Å². The summed E-state index contributed by atoms with van der Waals surface area (Å²) in [5.41, 5.74) is 1.35. The Morgan fingerprint density at radius 1 is 0.706 bits per heavy atom. The van der Waals surface area contributed by atoms with Crippen LogP contribution in [0.25, 0.3) is 0 Å². The highest BCUT2D eigenvalue weighted by atomic mass is 16.5. The molecule has 5 aliphatic rings. The van der Waals surface area contributed by atoms with Gasteiger partial charge in [0.15, 0.2) is 0 Å². The van der Waals surface area contributed by atoms with Gasteiger partial charge in [-0.05, 0) is 116 Å². The molecule has 3 nitrogen and oxygen atoms in total. The minimum absolute atomic E-state index is 0.0219. The van der Waals surface area contributed by atoms with Crippen LogP contribution < -0.4 is 0 Å². The lowest BCUT2D eigenvalue weighted by Crippen LogP contribution is -2.66. The van der Waals surface area contributed by atoms with Crippen molar-refractivity contribution in [2.24, 2.45) is 56.7 Å². The van der Waals surface area contributed by atoms with Gasteiger partial charge in [0.1, 0.15) is 11.9 Å². The summed E-state index contributed by atoms with van der Waals surface area (Å²) in [6.45, 7) is 18.6. The van der Waals surface area contributed by atoms with E-state index < -0.39 is 0 Å². The van der Waals surface area contributed by atoms with Crippen molar-refractivity contribution in [1.82, 2.24) is 0 Å². The average Bonchev–Trinajstić information content (AvgIpc) is 3.08. The second kappa shape index (κ2) is 7.58. The van der Waals surface area contributed by atoms with Gasteiger partial charge in [0.25, 0.3) is 0 Å². The van der Waals surface area contributed by atoms with E-state index in [1.807, 2.05) is 6.92 Å². The smallest absolute Gasteiger partial charge is 0.302 e. The second-order valence-electron chi connectivity index (χ2n) is 15.1. The van der Waals surface area contributed by atoms with Crippen LogP contribution in [-0.2, 0) is 14.3 Å². The van der Waals surface area contributed by atoms with Crippen LogP contribution in [0, 0.1) is 56.7 Å². The first-order valence-electron chi connectivity index (χ1n) is 14.4. The fourth-order valence-electron chi connectivity index (χ4n) is 11.8. The summed E-state index contributed by atoms with van der Waals surface area (Å²) in [4.78, 5) is 24.6. The Kier molecular flexibility index (Phi) is 5.53. The Labute approximate surface area is 208 Å². The van der Waals surface area contributed by atoms with Gasteiger partial charge in [0.05, 0.1) is 0 Å². The van der Waals surface area contributed by atoms with E-state index in [1.165, 1.54) is 51.4 Å². The molecule has 192 valence electrons.